The fourth-order valence-corrected chi connectivity index (χ4v) is 10.0. The van der Waals surface area contributed by atoms with E-state index >= 15 is 0 Å². The van der Waals surface area contributed by atoms with E-state index in [0.29, 0.717) is 11.3 Å². The summed E-state index contributed by atoms with van der Waals surface area (Å²) in [5.41, 5.74) is 0.802. The van der Waals surface area contributed by atoms with Gasteiger partial charge in [-0.3, -0.25) is 4.21 Å². The Labute approximate surface area is 167 Å². The largest absolute Gasteiger partial charge is 0.501 e. The van der Waals surface area contributed by atoms with Gasteiger partial charge in [0.1, 0.15) is 11.5 Å². The van der Waals surface area contributed by atoms with E-state index in [2.05, 4.69) is 33.8 Å². The summed E-state index contributed by atoms with van der Waals surface area (Å²) >= 11 is 0. The van der Waals surface area contributed by atoms with E-state index < -0.39 is 10.8 Å². The van der Waals surface area contributed by atoms with Gasteiger partial charge in [-0.2, -0.15) is 0 Å². The number of methoxy groups -OCH3 is 2. The van der Waals surface area contributed by atoms with Crippen LogP contribution in [0.25, 0.3) is 0 Å². The molecule has 4 aliphatic rings. The summed E-state index contributed by atoms with van der Waals surface area (Å²) in [5, 5.41) is 0.0119. The van der Waals surface area contributed by atoms with Crippen LogP contribution < -0.4 is 0 Å². The molecule has 3 unspecified atom stereocenters. The summed E-state index contributed by atoms with van der Waals surface area (Å²) in [6.07, 6.45) is 10.5. The van der Waals surface area contributed by atoms with E-state index in [-0.39, 0.29) is 22.0 Å². The Kier molecular flexibility index (Phi) is 4.61. The molecule has 4 rings (SSSR count). The zero-order chi connectivity index (χ0) is 19.6. The molecule has 4 heteroatoms. The molecule has 1 heterocycles. The van der Waals surface area contributed by atoms with Crippen LogP contribution in [-0.4, -0.2) is 29.4 Å². The number of hydrogen-bond acceptors (Lipinski definition) is 3. The van der Waals surface area contributed by atoms with Crippen LogP contribution in [0.15, 0.2) is 23.7 Å². The lowest BCUT2D eigenvalue weighted by Gasteiger charge is -2.66. The van der Waals surface area contributed by atoms with Crippen molar-refractivity contribution in [1.82, 2.24) is 0 Å². The van der Waals surface area contributed by atoms with Crippen LogP contribution in [0, 0.1) is 34.0 Å². The number of allylic oxidation sites excluding steroid dienone is 2. The fraction of sp³-hybridized carbons (Fsp3) is 0.826. The Balaban J connectivity index is 1.79. The molecule has 0 aromatic heterocycles. The smallest absolute Gasteiger partial charge is 0.119 e. The van der Waals surface area contributed by atoms with Gasteiger partial charge >= 0.3 is 0 Å². The van der Waals surface area contributed by atoms with E-state index in [0.717, 1.165) is 23.2 Å². The number of rotatable bonds is 2. The maximum absolute atomic E-state index is 13.5. The van der Waals surface area contributed by atoms with Gasteiger partial charge in [-0.1, -0.05) is 34.1 Å². The quantitative estimate of drug-likeness (QED) is 0.659. The van der Waals surface area contributed by atoms with Crippen LogP contribution in [0.5, 0.6) is 0 Å². The Hall–Kier alpha value is -0.770. The third-order valence-corrected chi connectivity index (χ3v) is 10.6. The lowest BCUT2D eigenvalue weighted by Crippen LogP contribution is -2.63. The lowest BCUT2D eigenvalue weighted by molar-refractivity contribution is -0.140. The molecule has 0 radical (unpaired) electrons. The first-order valence-corrected chi connectivity index (χ1v) is 11.9. The summed E-state index contributed by atoms with van der Waals surface area (Å²) in [6.45, 7) is 9.92. The van der Waals surface area contributed by atoms with E-state index in [4.69, 9.17) is 9.47 Å². The normalized spacial score (nSPS) is 48.3. The van der Waals surface area contributed by atoms with Crippen LogP contribution in [0.4, 0.5) is 0 Å². The molecule has 1 aliphatic heterocycles. The number of hydrogen-bond donors (Lipinski definition) is 0. The average Bonchev–Trinajstić information content (AvgIpc) is 2.62. The van der Waals surface area contributed by atoms with Crippen molar-refractivity contribution < 1.29 is 13.7 Å². The van der Waals surface area contributed by atoms with Crippen LogP contribution >= 0.6 is 0 Å². The fourth-order valence-electron chi connectivity index (χ4n) is 7.65. The molecule has 0 aromatic rings. The molecule has 152 valence electrons. The zero-order valence-electron chi connectivity index (χ0n) is 17.8. The molecule has 0 aromatic carbocycles. The van der Waals surface area contributed by atoms with E-state index in [9.17, 15) is 4.21 Å². The molecule has 7 atom stereocenters. The first-order chi connectivity index (χ1) is 12.7. The highest BCUT2D eigenvalue weighted by Crippen LogP contribution is 2.68. The molecular weight excluding hydrogens is 356 g/mol. The van der Waals surface area contributed by atoms with Gasteiger partial charge in [0.25, 0.3) is 0 Å². The van der Waals surface area contributed by atoms with Crippen molar-refractivity contribution >= 4 is 10.8 Å². The minimum Gasteiger partial charge on any atom is -0.501 e. The summed E-state index contributed by atoms with van der Waals surface area (Å²) in [4.78, 5) is 0. The molecule has 2 saturated carbocycles. The first-order valence-electron chi connectivity index (χ1n) is 10.6. The summed E-state index contributed by atoms with van der Waals surface area (Å²) in [5.74, 6) is 4.00. The molecule has 0 spiro atoms. The number of fused-ring (bicyclic) bond motifs is 5. The molecule has 0 N–H and O–H groups in total. The van der Waals surface area contributed by atoms with Crippen molar-refractivity contribution in [3.8, 4) is 0 Å². The second kappa shape index (κ2) is 6.37. The molecular formula is C23H36O3S. The van der Waals surface area contributed by atoms with Crippen molar-refractivity contribution in [2.75, 3.05) is 20.0 Å². The maximum Gasteiger partial charge on any atom is 0.119 e. The molecule has 3 nitrogen and oxygen atoms in total. The highest BCUT2D eigenvalue weighted by atomic mass is 32.2. The van der Waals surface area contributed by atoms with Crippen molar-refractivity contribution in [2.45, 2.75) is 65.0 Å². The SMILES string of the molecule is COC1=CC2C(C(OC)=C1)[C@]1(C)CC[C@H]3C(C)(C)CCC[C@]3(C)[C@H]1CS2=O. The highest BCUT2D eigenvalue weighted by molar-refractivity contribution is 7.85. The van der Waals surface area contributed by atoms with Gasteiger partial charge in [0.15, 0.2) is 0 Å². The first kappa shape index (κ1) is 19.5. The minimum absolute atomic E-state index is 0.0119. The predicted octanol–water partition coefficient (Wildman–Crippen LogP) is 5.06. The summed E-state index contributed by atoms with van der Waals surface area (Å²) < 4.78 is 24.8. The van der Waals surface area contributed by atoms with Crippen LogP contribution in [-0.2, 0) is 20.3 Å². The van der Waals surface area contributed by atoms with Crippen LogP contribution in [0.3, 0.4) is 0 Å². The maximum atomic E-state index is 13.5. The second-order valence-electron chi connectivity index (χ2n) is 10.5. The lowest BCUT2D eigenvalue weighted by atomic mass is 9.41. The zero-order valence-corrected chi connectivity index (χ0v) is 18.7. The van der Waals surface area contributed by atoms with Gasteiger partial charge in [-0.05, 0) is 59.8 Å². The van der Waals surface area contributed by atoms with Crippen LogP contribution in [0.2, 0.25) is 0 Å². The molecule has 0 bridgehead atoms. The number of ether oxygens (including phenoxy) is 2. The third-order valence-electron chi connectivity index (χ3n) is 8.90. The second-order valence-corrected chi connectivity index (χ2v) is 12.2. The van der Waals surface area contributed by atoms with Gasteiger partial charge < -0.3 is 9.47 Å². The van der Waals surface area contributed by atoms with Crippen molar-refractivity contribution in [2.24, 2.45) is 34.0 Å². The minimum atomic E-state index is -0.889. The average molecular weight is 393 g/mol. The molecule has 0 amide bonds. The molecule has 3 aliphatic carbocycles. The van der Waals surface area contributed by atoms with Crippen molar-refractivity contribution in [3.63, 3.8) is 0 Å². The Morgan fingerprint density at radius 2 is 1.74 bits per heavy atom. The van der Waals surface area contributed by atoms with Crippen molar-refractivity contribution in [1.29, 1.82) is 0 Å². The Morgan fingerprint density at radius 3 is 2.41 bits per heavy atom. The van der Waals surface area contributed by atoms with Gasteiger partial charge in [0.2, 0.25) is 0 Å². The monoisotopic (exact) mass is 392 g/mol. The van der Waals surface area contributed by atoms with Gasteiger partial charge in [-0.25, -0.2) is 0 Å². The standard InChI is InChI=1S/C23H36O3S/c1-21(2)9-7-10-22(3)18(21)8-11-23(4)19(22)14-27(24)17-13-15(25-5)12-16(26-6)20(17)23/h12-13,17-20H,7-11,14H2,1-6H3/t17?,18-,19+,20?,22-,23+,27?/m0/s1. The summed E-state index contributed by atoms with van der Waals surface area (Å²) in [6, 6.07) is 0. The Morgan fingerprint density at radius 1 is 1.00 bits per heavy atom. The van der Waals surface area contributed by atoms with Crippen molar-refractivity contribution in [3.05, 3.63) is 23.7 Å². The highest BCUT2D eigenvalue weighted by Gasteiger charge is 2.64. The molecule has 3 fully saturated rings. The van der Waals surface area contributed by atoms with Gasteiger partial charge in [0, 0.05) is 28.5 Å². The van der Waals surface area contributed by atoms with Crippen LogP contribution in [0.1, 0.15) is 59.8 Å². The van der Waals surface area contributed by atoms with Gasteiger partial charge in [-0.15, -0.1) is 0 Å². The molecule has 1 saturated heterocycles. The predicted molar refractivity (Wildman–Crippen MR) is 111 cm³/mol. The molecule has 27 heavy (non-hydrogen) atoms. The topological polar surface area (TPSA) is 35.5 Å². The van der Waals surface area contributed by atoms with E-state index in [1.807, 2.05) is 6.08 Å². The summed E-state index contributed by atoms with van der Waals surface area (Å²) in [7, 11) is 2.55. The van der Waals surface area contributed by atoms with E-state index in [1.165, 1.54) is 32.1 Å². The third kappa shape index (κ3) is 2.68. The van der Waals surface area contributed by atoms with Gasteiger partial charge in [0.05, 0.1) is 19.5 Å². The Bertz CT molecular complexity index is 708. The van der Waals surface area contributed by atoms with E-state index in [1.54, 1.807) is 14.2 Å².